The first-order chi connectivity index (χ1) is 12.6. The summed E-state index contributed by atoms with van der Waals surface area (Å²) < 4.78 is 1.21. The lowest BCUT2D eigenvalue weighted by Gasteiger charge is -2.05. The first-order valence-electron chi connectivity index (χ1n) is 8.00. The Balaban J connectivity index is 1.64. The maximum atomic E-state index is 6.23. The normalized spacial score (nSPS) is 11.2. The van der Waals surface area contributed by atoms with Crippen LogP contribution in [0.15, 0.2) is 59.9 Å². The van der Waals surface area contributed by atoms with E-state index in [4.69, 9.17) is 28.2 Å². The molecular weight excluding hydrogens is 403 g/mol. The highest BCUT2D eigenvalue weighted by molar-refractivity contribution is 7.98. The summed E-state index contributed by atoms with van der Waals surface area (Å²) in [5.41, 5.74) is 3.23. The molecule has 0 radical (unpaired) electrons. The first-order valence-corrected chi connectivity index (χ1v) is 10.6. The molecule has 0 atom stereocenters. The Bertz CT molecular complexity index is 1090. The zero-order valence-electron chi connectivity index (χ0n) is 13.9. The van der Waals surface area contributed by atoms with E-state index in [1.807, 2.05) is 48.7 Å². The van der Waals surface area contributed by atoms with E-state index in [2.05, 4.69) is 18.0 Å². The number of fused-ring (bicyclic) bond motifs is 1. The maximum absolute atomic E-state index is 6.23. The Labute approximate surface area is 170 Å². The number of benzene rings is 2. The fourth-order valence-corrected chi connectivity index (χ4v) is 5.18. The molecule has 0 aliphatic carbocycles. The van der Waals surface area contributed by atoms with E-state index in [0.717, 1.165) is 37.1 Å². The van der Waals surface area contributed by atoms with Gasteiger partial charge in [0.05, 0.1) is 10.6 Å². The van der Waals surface area contributed by atoms with E-state index in [-0.39, 0.29) is 0 Å². The Morgan fingerprint density at radius 2 is 1.92 bits per heavy atom. The van der Waals surface area contributed by atoms with Crippen molar-refractivity contribution in [2.75, 3.05) is 0 Å². The van der Waals surface area contributed by atoms with Gasteiger partial charge in [-0.3, -0.25) is 0 Å². The van der Waals surface area contributed by atoms with Crippen LogP contribution < -0.4 is 0 Å². The summed E-state index contributed by atoms with van der Waals surface area (Å²) >= 11 is 15.7. The number of hydrogen-bond donors (Lipinski definition) is 0. The fraction of sp³-hybridized carbons (Fsp3) is 0.100. The van der Waals surface area contributed by atoms with Gasteiger partial charge in [-0.2, -0.15) is 0 Å². The summed E-state index contributed by atoms with van der Waals surface area (Å²) in [6.07, 6.45) is 1.81. The highest BCUT2D eigenvalue weighted by atomic mass is 35.5. The molecule has 0 saturated carbocycles. The highest BCUT2D eigenvalue weighted by Gasteiger charge is 2.13. The molecule has 130 valence electrons. The van der Waals surface area contributed by atoms with Gasteiger partial charge in [-0.05, 0) is 53.8 Å². The van der Waals surface area contributed by atoms with Gasteiger partial charge >= 0.3 is 0 Å². The largest absolute Gasteiger partial charge is 0.231 e. The van der Waals surface area contributed by atoms with Crippen LogP contribution in [0.2, 0.25) is 10.0 Å². The van der Waals surface area contributed by atoms with Crippen molar-refractivity contribution >= 4 is 56.4 Å². The van der Waals surface area contributed by atoms with Gasteiger partial charge in [-0.15, -0.1) is 11.3 Å². The second-order valence-electron chi connectivity index (χ2n) is 5.80. The summed E-state index contributed by atoms with van der Waals surface area (Å²) in [6.45, 7) is 2.11. The van der Waals surface area contributed by atoms with Crippen molar-refractivity contribution in [1.82, 2.24) is 9.97 Å². The monoisotopic (exact) mass is 416 g/mol. The number of rotatable bonds is 4. The summed E-state index contributed by atoms with van der Waals surface area (Å²) in [5, 5.41) is 3.45. The molecule has 0 bridgehead atoms. The van der Waals surface area contributed by atoms with Gasteiger partial charge in [0.1, 0.15) is 0 Å². The Hall–Kier alpha value is -1.59. The average Bonchev–Trinajstić information content (AvgIpc) is 2.98. The molecule has 0 fully saturated rings. The number of thioether (sulfide) groups is 1. The fourth-order valence-electron chi connectivity index (χ4n) is 2.73. The molecule has 26 heavy (non-hydrogen) atoms. The third kappa shape index (κ3) is 3.60. The number of nitrogens with zero attached hydrogens (tertiary/aromatic N) is 2. The Morgan fingerprint density at radius 3 is 2.77 bits per heavy atom. The highest BCUT2D eigenvalue weighted by Crippen LogP contribution is 2.38. The van der Waals surface area contributed by atoms with Crippen LogP contribution in [-0.2, 0) is 5.75 Å². The molecule has 0 N–H and O–H groups in total. The van der Waals surface area contributed by atoms with Crippen LogP contribution in [0.1, 0.15) is 11.1 Å². The molecule has 2 nitrogen and oxygen atoms in total. The number of thiophene rings is 1. The molecule has 4 aromatic rings. The Morgan fingerprint density at radius 1 is 1.08 bits per heavy atom. The molecule has 0 saturated heterocycles. The predicted octanol–water partition coefficient (Wildman–Crippen LogP) is 7.27. The van der Waals surface area contributed by atoms with Crippen molar-refractivity contribution in [3.05, 3.63) is 75.9 Å². The summed E-state index contributed by atoms with van der Waals surface area (Å²) in [7, 11) is 0. The number of aryl methyl sites for hydroxylation is 1. The maximum Gasteiger partial charge on any atom is 0.188 e. The van der Waals surface area contributed by atoms with Crippen LogP contribution >= 0.6 is 46.3 Å². The van der Waals surface area contributed by atoms with Crippen molar-refractivity contribution < 1.29 is 0 Å². The molecular formula is C20H14Cl2N2S2. The van der Waals surface area contributed by atoms with E-state index in [1.54, 1.807) is 23.1 Å². The first kappa shape index (κ1) is 17.8. The smallest absolute Gasteiger partial charge is 0.188 e. The quantitative estimate of drug-likeness (QED) is 0.258. The van der Waals surface area contributed by atoms with Gasteiger partial charge in [0.25, 0.3) is 0 Å². The van der Waals surface area contributed by atoms with E-state index < -0.39 is 0 Å². The van der Waals surface area contributed by atoms with E-state index >= 15 is 0 Å². The van der Waals surface area contributed by atoms with Gasteiger partial charge in [0.2, 0.25) is 0 Å². The minimum Gasteiger partial charge on any atom is -0.231 e. The van der Waals surface area contributed by atoms with Gasteiger partial charge in [0, 0.05) is 26.7 Å². The van der Waals surface area contributed by atoms with Crippen LogP contribution in [0.5, 0.6) is 0 Å². The average molecular weight is 417 g/mol. The summed E-state index contributed by atoms with van der Waals surface area (Å²) in [4.78, 5) is 10.3. The summed E-state index contributed by atoms with van der Waals surface area (Å²) in [6, 6.07) is 15.8. The molecule has 2 aromatic carbocycles. The van der Waals surface area contributed by atoms with Gasteiger partial charge in [0.15, 0.2) is 5.16 Å². The zero-order chi connectivity index (χ0) is 18.1. The number of aromatic nitrogens is 2. The minimum absolute atomic E-state index is 0.740. The molecule has 2 heterocycles. The molecule has 0 aliphatic heterocycles. The lowest BCUT2D eigenvalue weighted by molar-refractivity contribution is 0.973. The lowest BCUT2D eigenvalue weighted by atomic mass is 10.1. The van der Waals surface area contributed by atoms with Crippen LogP contribution in [0.3, 0.4) is 0 Å². The molecule has 0 amide bonds. The second kappa shape index (κ2) is 7.57. The van der Waals surface area contributed by atoms with Crippen molar-refractivity contribution in [2.24, 2.45) is 0 Å². The molecule has 4 rings (SSSR count). The van der Waals surface area contributed by atoms with Gasteiger partial charge < -0.3 is 0 Å². The molecule has 0 aliphatic rings. The van der Waals surface area contributed by atoms with Crippen molar-refractivity contribution in [1.29, 1.82) is 0 Å². The SMILES string of the molecule is Cc1c(-c2ccnc(SCc3ccccc3Cl)n2)sc2ccc(Cl)cc12. The van der Waals surface area contributed by atoms with Crippen molar-refractivity contribution in [3.63, 3.8) is 0 Å². The van der Waals surface area contributed by atoms with Crippen molar-refractivity contribution in [2.45, 2.75) is 17.8 Å². The van der Waals surface area contributed by atoms with Crippen LogP contribution in [0.4, 0.5) is 0 Å². The number of hydrogen-bond acceptors (Lipinski definition) is 4. The minimum atomic E-state index is 0.740. The Kier molecular flexibility index (Phi) is 5.18. The predicted molar refractivity (Wildman–Crippen MR) is 114 cm³/mol. The van der Waals surface area contributed by atoms with Crippen molar-refractivity contribution in [3.8, 4) is 10.6 Å². The number of halogens is 2. The van der Waals surface area contributed by atoms with E-state index in [0.29, 0.717) is 0 Å². The third-order valence-corrected chi connectivity index (χ3v) is 6.89. The molecule has 0 spiro atoms. The third-order valence-electron chi connectivity index (χ3n) is 4.08. The summed E-state index contributed by atoms with van der Waals surface area (Å²) in [5.74, 6) is 0.740. The second-order valence-corrected chi connectivity index (χ2v) is 8.64. The standard InChI is InChI=1S/C20H14Cl2N2S2/c1-12-15-10-14(21)6-7-18(15)26-19(12)17-8-9-23-20(24-17)25-11-13-4-2-3-5-16(13)22/h2-10H,11H2,1H3. The van der Waals surface area contributed by atoms with Crippen LogP contribution in [0.25, 0.3) is 20.7 Å². The zero-order valence-corrected chi connectivity index (χ0v) is 17.0. The molecule has 0 unspecified atom stereocenters. The topological polar surface area (TPSA) is 25.8 Å². The van der Waals surface area contributed by atoms with Gasteiger partial charge in [-0.1, -0.05) is 53.2 Å². The van der Waals surface area contributed by atoms with E-state index in [9.17, 15) is 0 Å². The van der Waals surface area contributed by atoms with Gasteiger partial charge in [-0.25, -0.2) is 9.97 Å². The van der Waals surface area contributed by atoms with E-state index in [1.165, 1.54) is 15.6 Å². The van der Waals surface area contributed by atoms with Crippen LogP contribution in [-0.4, -0.2) is 9.97 Å². The molecule has 6 heteroatoms. The lowest BCUT2D eigenvalue weighted by Crippen LogP contribution is -1.90. The van der Waals surface area contributed by atoms with Crippen LogP contribution in [0, 0.1) is 6.92 Å². The molecule has 2 aromatic heterocycles.